The third-order valence-corrected chi connectivity index (χ3v) is 2.89. The van der Waals surface area contributed by atoms with Crippen molar-refractivity contribution < 1.29 is 4.74 Å². The molecule has 0 aliphatic rings. The Morgan fingerprint density at radius 2 is 2.24 bits per heavy atom. The summed E-state index contributed by atoms with van der Waals surface area (Å²) in [6, 6.07) is 9.52. The van der Waals surface area contributed by atoms with Crippen molar-refractivity contribution in [3.63, 3.8) is 0 Å². The fourth-order valence-electron chi connectivity index (χ4n) is 1.62. The molecule has 1 heterocycles. The number of halogens is 1. The van der Waals surface area contributed by atoms with Crippen molar-refractivity contribution in [3.05, 3.63) is 52.8 Å². The largest absolute Gasteiger partial charge is 0.483 e. The van der Waals surface area contributed by atoms with Gasteiger partial charge in [0.25, 0.3) is 0 Å². The average molecular weight is 251 g/mol. The highest BCUT2D eigenvalue weighted by Gasteiger charge is 2.10. The molecule has 0 radical (unpaired) electrons. The summed E-state index contributed by atoms with van der Waals surface area (Å²) in [7, 11) is 0. The summed E-state index contributed by atoms with van der Waals surface area (Å²) in [6.45, 7) is 2.45. The minimum Gasteiger partial charge on any atom is -0.483 e. The number of H-pyrrole nitrogens is 1. The van der Waals surface area contributed by atoms with E-state index in [-0.39, 0.29) is 6.10 Å². The first-order valence-electron chi connectivity index (χ1n) is 5.49. The number of aromatic nitrogens is 1. The highest BCUT2D eigenvalue weighted by molar-refractivity contribution is 6.32. The van der Waals surface area contributed by atoms with Crippen LogP contribution in [0.25, 0.3) is 0 Å². The molecule has 3 N–H and O–H groups in total. The van der Waals surface area contributed by atoms with Crippen LogP contribution in [0.5, 0.6) is 5.75 Å². The second kappa shape index (κ2) is 5.25. The minimum atomic E-state index is -0.0637. The zero-order valence-corrected chi connectivity index (χ0v) is 10.4. The maximum atomic E-state index is 6.12. The molecule has 90 valence electrons. The fourth-order valence-corrected chi connectivity index (χ4v) is 1.87. The Kier molecular flexibility index (Phi) is 3.71. The van der Waals surface area contributed by atoms with Crippen LogP contribution in [0.1, 0.15) is 24.3 Å². The number of ether oxygens (including phenoxy) is 1. The molecule has 3 nitrogen and oxygen atoms in total. The average Bonchev–Trinajstić information content (AvgIpc) is 2.85. The van der Waals surface area contributed by atoms with E-state index < -0.39 is 0 Å². The molecular weight excluding hydrogens is 236 g/mol. The Balaban J connectivity index is 2.13. The van der Waals surface area contributed by atoms with Crippen LogP contribution in [0.2, 0.25) is 5.02 Å². The van der Waals surface area contributed by atoms with E-state index in [1.807, 2.05) is 43.5 Å². The second-order valence-corrected chi connectivity index (χ2v) is 4.26. The highest BCUT2D eigenvalue weighted by atomic mass is 35.5. The van der Waals surface area contributed by atoms with Gasteiger partial charge in [0.05, 0.1) is 10.7 Å². The van der Waals surface area contributed by atoms with Gasteiger partial charge in [-0.25, -0.2) is 0 Å². The van der Waals surface area contributed by atoms with Gasteiger partial charge in [-0.2, -0.15) is 0 Å². The Labute approximate surface area is 106 Å². The SMILES string of the molecule is CC(Oc1ccc(CN)cc1Cl)c1ccc[nH]1. The molecule has 0 amide bonds. The van der Waals surface area contributed by atoms with Crippen LogP contribution in [0.3, 0.4) is 0 Å². The van der Waals surface area contributed by atoms with Crippen molar-refractivity contribution in [3.8, 4) is 5.75 Å². The van der Waals surface area contributed by atoms with Crippen molar-refractivity contribution in [1.82, 2.24) is 4.98 Å². The van der Waals surface area contributed by atoms with Crippen LogP contribution < -0.4 is 10.5 Å². The molecule has 17 heavy (non-hydrogen) atoms. The van der Waals surface area contributed by atoms with E-state index in [4.69, 9.17) is 22.1 Å². The number of benzene rings is 1. The number of aromatic amines is 1. The molecule has 1 unspecified atom stereocenters. The molecule has 0 aliphatic carbocycles. The predicted molar refractivity (Wildman–Crippen MR) is 69.2 cm³/mol. The van der Waals surface area contributed by atoms with Crippen molar-refractivity contribution in [2.75, 3.05) is 0 Å². The van der Waals surface area contributed by atoms with Crippen LogP contribution in [0.15, 0.2) is 36.5 Å². The first kappa shape index (κ1) is 12.0. The van der Waals surface area contributed by atoms with Gasteiger partial charge in [-0.3, -0.25) is 0 Å². The van der Waals surface area contributed by atoms with E-state index in [1.165, 1.54) is 0 Å². The minimum absolute atomic E-state index is 0.0637. The first-order chi connectivity index (χ1) is 8.20. The number of nitrogens with two attached hydrogens (primary N) is 1. The second-order valence-electron chi connectivity index (χ2n) is 3.85. The van der Waals surface area contributed by atoms with E-state index in [0.29, 0.717) is 17.3 Å². The molecule has 1 aromatic carbocycles. The predicted octanol–water partition coefficient (Wildman–Crippen LogP) is 3.27. The molecule has 4 heteroatoms. The molecule has 1 atom stereocenters. The lowest BCUT2D eigenvalue weighted by Gasteiger charge is -2.15. The molecule has 0 aliphatic heterocycles. The lowest BCUT2D eigenvalue weighted by molar-refractivity contribution is 0.223. The van der Waals surface area contributed by atoms with Gasteiger partial charge in [0, 0.05) is 12.7 Å². The zero-order valence-electron chi connectivity index (χ0n) is 9.61. The van der Waals surface area contributed by atoms with E-state index in [9.17, 15) is 0 Å². The summed E-state index contributed by atoms with van der Waals surface area (Å²) in [4.78, 5) is 3.11. The standard InChI is InChI=1S/C13H15ClN2O/c1-9(12-3-2-6-16-12)17-13-5-4-10(8-15)7-11(13)14/h2-7,9,16H,8,15H2,1H3. The summed E-state index contributed by atoms with van der Waals surface area (Å²) >= 11 is 6.12. The number of hydrogen-bond acceptors (Lipinski definition) is 2. The van der Waals surface area contributed by atoms with Crippen LogP contribution in [0, 0.1) is 0 Å². The summed E-state index contributed by atoms with van der Waals surface area (Å²) in [6.07, 6.45) is 1.81. The number of hydrogen-bond donors (Lipinski definition) is 2. The van der Waals surface area contributed by atoms with E-state index >= 15 is 0 Å². The van der Waals surface area contributed by atoms with Crippen molar-refractivity contribution >= 4 is 11.6 Å². The van der Waals surface area contributed by atoms with Gasteiger partial charge in [0.2, 0.25) is 0 Å². The Morgan fingerprint density at radius 1 is 1.41 bits per heavy atom. The third-order valence-electron chi connectivity index (χ3n) is 2.60. The lowest BCUT2D eigenvalue weighted by atomic mass is 10.2. The number of nitrogens with one attached hydrogen (secondary N) is 1. The molecule has 0 saturated carbocycles. The van der Waals surface area contributed by atoms with E-state index in [1.54, 1.807) is 0 Å². The zero-order chi connectivity index (χ0) is 12.3. The van der Waals surface area contributed by atoms with Gasteiger partial charge >= 0.3 is 0 Å². The topological polar surface area (TPSA) is 51.0 Å². The molecule has 2 rings (SSSR count). The number of rotatable bonds is 4. The lowest BCUT2D eigenvalue weighted by Crippen LogP contribution is -2.04. The van der Waals surface area contributed by atoms with Crippen LogP contribution >= 0.6 is 11.6 Å². The summed E-state index contributed by atoms with van der Waals surface area (Å²) < 4.78 is 5.78. The molecule has 0 fully saturated rings. The molecule has 1 aromatic heterocycles. The van der Waals surface area contributed by atoms with Crippen molar-refractivity contribution in [2.45, 2.75) is 19.6 Å². The van der Waals surface area contributed by atoms with E-state index in [2.05, 4.69) is 4.98 Å². The Morgan fingerprint density at radius 3 is 2.82 bits per heavy atom. The van der Waals surface area contributed by atoms with Gasteiger partial charge in [-0.05, 0) is 36.8 Å². The molecule has 0 saturated heterocycles. The molecule has 2 aromatic rings. The normalized spacial score (nSPS) is 12.4. The van der Waals surface area contributed by atoms with Gasteiger partial charge < -0.3 is 15.5 Å². The van der Waals surface area contributed by atoms with Crippen molar-refractivity contribution in [1.29, 1.82) is 0 Å². The van der Waals surface area contributed by atoms with Gasteiger partial charge in [-0.1, -0.05) is 17.7 Å². The van der Waals surface area contributed by atoms with Gasteiger partial charge in [0.15, 0.2) is 0 Å². The van der Waals surface area contributed by atoms with Crippen LogP contribution in [-0.4, -0.2) is 4.98 Å². The molecular formula is C13H15ClN2O. The van der Waals surface area contributed by atoms with Gasteiger partial charge in [0.1, 0.15) is 11.9 Å². The smallest absolute Gasteiger partial charge is 0.138 e. The molecule has 0 bridgehead atoms. The summed E-state index contributed by atoms with van der Waals surface area (Å²) in [5.41, 5.74) is 7.56. The summed E-state index contributed by atoms with van der Waals surface area (Å²) in [5.74, 6) is 0.672. The quantitative estimate of drug-likeness (QED) is 0.875. The molecule has 0 spiro atoms. The monoisotopic (exact) mass is 250 g/mol. The Bertz CT molecular complexity index is 482. The highest BCUT2D eigenvalue weighted by Crippen LogP contribution is 2.29. The van der Waals surface area contributed by atoms with Crippen LogP contribution in [0.4, 0.5) is 0 Å². The van der Waals surface area contributed by atoms with Gasteiger partial charge in [-0.15, -0.1) is 0 Å². The maximum Gasteiger partial charge on any atom is 0.138 e. The Hall–Kier alpha value is -1.45. The fraction of sp³-hybridized carbons (Fsp3) is 0.231. The van der Waals surface area contributed by atoms with Crippen molar-refractivity contribution in [2.24, 2.45) is 5.73 Å². The maximum absolute atomic E-state index is 6.12. The summed E-state index contributed by atoms with van der Waals surface area (Å²) in [5, 5.41) is 0.589. The van der Waals surface area contributed by atoms with E-state index in [0.717, 1.165) is 11.3 Å². The van der Waals surface area contributed by atoms with Crippen LogP contribution in [-0.2, 0) is 6.54 Å². The first-order valence-corrected chi connectivity index (χ1v) is 5.87. The third kappa shape index (κ3) is 2.81.